The molecular formula is C20H27NO. The fraction of sp³-hybridized carbons (Fsp3) is 0.400. The van der Waals surface area contributed by atoms with Crippen molar-refractivity contribution in [3.63, 3.8) is 0 Å². The zero-order valence-electron chi connectivity index (χ0n) is 13.8. The van der Waals surface area contributed by atoms with Crippen LogP contribution in [0.3, 0.4) is 0 Å². The molecule has 0 unspecified atom stereocenters. The van der Waals surface area contributed by atoms with E-state index in [0.29, 0.717) is 0 Å². The van der Waals surface area contributed by atoms with Crippen LogP contribution in [0.15, 0.2) is 54.6 Å². The molecule has 0 aliphatic carbocycles. The normalized spacial score (nSPS) is 10.9. The molecule has 0 atom stereocenters. The minimum Gasteiger partial charge on any atom is -0.492 e. The largest absolute Gasteiger partial charge is 0.492 e. The first kappa shape index (κ1) is 16.6. The highest BCUT2D eigenvalue weighted by molar-refractivity contribution is 5.29. The van der Waals surface area contributed by atoms with Gasteiger partial charge in [-0.15, -0.1) is 0 Å². The van der Waals surface area contributed by atoms with Gasteiger partial charge in [-0.2, -0.15) is 0 Å². The van der Waals surface area contributed by atoms with Crippen molar-refractivity contribution in [1.29, 1.82) is 0 Å². The van der Waals surface area contributed by atoms with Gasteiger partial charge in [-0.25, -0.2) is 0 Å². The van der Waals surface area contributed by atoms with Crippen LogP contribution in [0.5, 0.6) is 5.75 Å². The van der Waals surface area contributed by atoms with E-state index >= 15 is 0 Å². The molecule has 0 aromatic heterocycles. The van der Waals surface area contributed by atoms with Crippen molar-refractivity contribution in [2.45, 2.75) is 26.7 Å². The summed E-state index contributed by atoms with van der Waals surface area (Å²) < 4.78 is 5.89. The van der Waals surface area contributed by atoms with E-state index in [9.17, 15) is 0 Å². The molecule has 0 amide bonds. The van der Waals surface area contributed by atoms with Crippen molar-refractivity contribution < 1.29 is 4.74 Å². The van der Waals surface area contributed by atoms with Gasteiger partial charge in [-0.05, 0) is 49.2 Å². The van der Waals surface area contributed by atoms with Crippen molar-refractivity contribution in [1.82, 2.24) is 4.90 Å². The molecule has 118 valence electrons. The second kappa shape index (κ2) is 9.26. The first-order valence-electron chi connectivity index (χ1n) is 8.29. The van der Waals surface area contributed by atoms with E-state index in [4.69, 9.17) is 4.74 Å². The summed E-state index contributed by atoms with van der Waals surface area (Å²) in [7, 11) is 0. The number of likely N-dealkylation sites (N-methyl/N-ethyl adjacent to an activating group) is 1. The fourth-order valence-electron chi connectivity index (χ4n) is 2.56. The Hall–Kier alpha value is -1.80. The number of aryl methyl sites for hydroxylation is 2. The molecule has 2 nitrogen and oxygen atoms in total. The summed E-state index contributed by atoms with van der Waals surface area (Å²) in [6, 6.07) is 19.1. The van der Waals surface area contributed by atoms with Gasteiger partial charge < -0.3 is 9.64 Å². The van der Waals surface area contributed by atoms with Gasteiger partial charge in [0.15, 0.2) is 0 Å². The van der Waals surface area contributed by atoms with Gasteiger partial charge in [0.2, 0.25) is 0 Å². The van der Waals surface area contributed by atoms with E-state index in [0.717, 1.165) is 44.8 Å². The molecule has 2 aromatic carbocycles. The van der Waals surface area contributed by atoms with Crippen molar-refractivity contribution in [3.05, 3.63) is 65.7 Å². The van der Waals surface area contributed by atoms with Crippen LogP contribution >= 0.6 is 0 Å². The lowest BCUT2D eigenvalue weighted by atomic mass is 10.0. The molecule has 0 saturated heterocycles. The number of ether oxygens (including phenoxy) is 1. The summed E-state index contributed by atoms with van der Waals surface area (Å²) in [5.74, 6) is 0.984. The molecule has 22 heavy (non-hydrogen) atoms. The van der Waals surface area contributed by atoms with E-state index in [1.54, 1.807) is 0 Å². The SMILES string of the molecule is CCN(CC)CCOc1cccc(CCc2ccccc2)c1. The van der Waals surface area contributed by atoms with Crippen LogP contribution in [-0.2, 0) is 12.8 Å². The van der Waals surface area contributed by atoms with Crippen LogP contribution in [0.2, 0.25) is 0 Å². The van der Waals surface area contributed by atoms with Gasteiger partial charge in [0.05, 0.1) is 0 Å². The van der Waals surface area contributed by atoms with E-state index < -0.39 is 0 Å². The summed E-state index contributed by atoms with van der Waals surface area (Å²) in [5, 5.41) is 0. The maximum absolute atomic E-state index is 5.89. The Morgan fingerprint density at radius 2 is 1.50 bits per heavy atom. The Balaban J connectivity index is 1.82. The number of hydrogen-bond acceptors (Lipinski definition) is 2. The first-order valence-corrected chi connectivity index (χ1v) is 8.29. The molecule has 0 aliphatic rings. The monoisotopic (exact) mass is 297 g/mol. The molecule has 0 bridgehead atoms. The molecule has 2 heteroatoms. The van der Waals surface area contributed by atoms with Gasteiger partial charge in [-0.3, -0.25) is 0 Å². The van der Waals surface area contributed by atoms with Crippen molar-refractivity contribution in [2.24, 2.45) is 0 Å². The fourth-order valence-corrected chi connectivity index (χ4v) is 2.56. The zero-order chi connectivity index (χ0) is 15.6. The highest BCUT2D eigenvalue weighted by Crippen LogP contribution is 2.15. The average molecular weight is 297 g/mol. The smallest absolute Gasteiger partial charge is 0.119 e. The molecule has 0 radical (unpaired) electrons. The molecule has 0 saturated carbocycles. The summed E-state index contributed by atoms with van der Waals surface area (Å²) in [6.45, 7) is 8.28. The minimum atomic E-state index is 0.754. The van der Waals surface area contributed by atoms with E-state index in [1.165, 1.54) is 11.1 Å². The summed E-state index contributed by atoms with van der Waals surface area (Å²) in [4.78, 5) is 2.37. The van der Waals surface area contributed by atoms with E-state index in [2.05, 4.69) is 67.3 Å². The van der Waals surface area contributed by atoms with Gasteiger partial charge in [0.25, 0.3) is 0 Å². The Bertz CT molecular complexity index is 534. The molecular weight excluding hydrogens is 270 g/mol. The van der Waals surface area contributed by atoms with Crippen LogP contribution < -0.4 is 4.74 Å². The van der Waals surface area contributed by atoms with E-state index in [1.807, 2.05) is 6.07 Å². The third kappa shape index (κ3) is 5.53. The Labute approximate surface area is 134 Å². The third-order valence-corrected chi connectivity index (χ3v) is 4.01. The number of rotatable bonds is 9. The third-order valence-electron chi connectivity index (χ3n) is 4.01. The predicted octanol–water partition coefficient (Wildman–Crippen LogP) is 4.19. The molecule has 2 rings (SSSR count). The summed E-state index contributed by atoms with van der Waals surface area (Å²) in [6.07, 6.45) is 2.13. The van der Waals surface area contributed by atoms with Crippen LogP contribution in [0.25, 0.3) is 0 Å². The highest BCUT2D eigenvalue weighted by Gasteiger charge is 2.01. The van der Waals surface area contributed by atoms with Gasteiger partial charge in [0.1, 0.15) is 12.4 Å². The summed E-state index contributed by atoms with van der Waals surface area (Å²) >= 11 is 0. The van der Waals surface area contributed by atoms with E-state index in [-0.39, 0.29) is 0 Å². The van der Waals surface area contributed by atoms with Crippen LogP contribution in [-0.4, -0.2) is 31.1 Å². The molecule has 0 N–H and O–H groups in total. The lowest BCUT2D eigenvalue weighted by Gasteiger charge is -2.18. The first-order chi connectivity index (χ1) is 10.8. The number of nitrogens with zero attached hydrogens (tertiary/aromatic N) is 1. The molecule has 0 spiro atoms. The number of benzene rings is 2. The molecule has 0 heterocycles. The van der Waals surface area contributed by atoms with Gasteiger partial charge in [0, 0.05) is 6.54 Å². The highest BCUT2D eigenvalue weighted by atomic mass is 16.5. The van der Waals surface area contributed by atoms with Gasteiger partial charge >= 0.3 is 0 Å². The topological polar surface area (TPSA) is 12.5 Å². The summed E-state index contributed by atoms with van der Waals surface area (Å²) in [5.41, 5.74) is 2.72. The maximum Gasteiger partial charge on any atom is 0.119 e. The predicted molar refractivity (Wildman–Crippen MR) is 93.6 cm³/mol. The standard InChI is InChI=1S/C20H27NO/c1-3-21(4-2)15-16-22-20-12-8-11-19(17-20)14-13-18-9-6-5-7-10-18/h5-12,17H,3-4,13-16H2,1-2H3. The Morgan fingerprint density at radius 1 is 0.818 bits per heavy atom. The maximum atomic E-state index is 5.89. The Kier molecular flexibility index (Phi) is 6.98. The van der Waals surface area contributed by atoms with Crippen molar-refractivity contribution in [2.75, 3.05) is 26.2 Å². The quantitative estimate of drug-likeness (QED) is 0.688. The zero-order valence-corrected chi connectivity index (χ0v) is 13.8. The average Bonchev–Trinajstić information content (AvgIpc) is 2.58. The second-order valence-corrected chi connectivity index (χ2v) is 5.51. The number of hydrogen-bond donors (Lipinski definition) is 0. The second-order valence-electron chi connectivity index (χ2n) is 5.51. The lowest BCUT2D eigenvalue weighted by molar-refractivity contribution is 0.222. The Morgan fingerprint density at radius 3 is 2.23 bits per heavy atom. The molecule has 0 aliphatic heterocycles. The molecule has 0 fully saturated rings. The van der Waals surface area contributed by atoms with Crippen LogP contribution in [0.1, 0.15) is 25.0 Å². The lowest BCUT2D eigenvalue weighted by Crippen LogP contribution is -2.27. The van der Waals surface area contributed by atoms with Crippen molar-refractivity contribution in [3.8, 4) is 5.75 Å². The van der Waals surface area contributed by atoms with Crippen LogP contribution in [0.4, 0.5) is 0 Å². The minimum absolute atomic E-state index is 0.754. The van der Waals surface area contributed by atoms with Crippen LogP contribution in [0, 0.1) is 0 Å². The van der Waals surface area contributed by atoms with Gasteiger partial charge in [-0.1, -0.05) is 56.3 Å². The van der Waals surface area contributed by atoms with Crippen molar-refractivity contribution >= 4 is 0 Å². The molecule has 2 aromatic rings.